The van der Waals surface area contributed by atoms with Crippen LogP contribution in [0.1, 0.15) is 5.56 Å². The first-order chi connectivity index (χ1) is 8.22. The molecule has 0 unspecified atom stereocenters. The van der Waals surface area contributed by atoms with Crippen molar-refractivity contribution in [3.8, 4) is 11.5 Å². The Balaban J connectivity index is 2.21. The first kappa shape index (κ1) is 9.84. The standard InChI is InChI=1S/C13H11N3O/c1-8-5-6-9-11(7-8)16-13(15-9)10-3-2-4-12(17)14-10/h2-7H,1H3,(H,14,17)(H,15,16). The topological polar surface area (TPSA) is 61.5 Å². The Hall–Kier alpha value is -2.36. The summed E-state index contributed by atoms with van der Waals surface area (Å²) in [4.78, 5) is 21.6. The molecule has 0 aliphatic rings. The van der Waals surface area contributed by atoms with Crippen molar-refractivity contribution in [2.24, 2.45) is 0 Å². The number of fused-ring (bicyclic) bond motifs is 1. The van der Waals surface area contributed by atoms with Crippen LogP contribution in [0.2, 0.25) is 0 Å². The molecule has 3 rings (SSSR count). The molecule has 0 fully saturated rings. The number of hydrogen-bond donors (Lipinski definition) is 2. The van der Waals surface area contributed by atoms with Gasteiger partial charge in [0.05, 0.1) is 16.7 Å². The summed E-state index contributed by atoms with van der Waals surface area (Å²) < 4.78 is 0. The van der Waals surface area contributed by atoms with E-state index in [4.69, 9.17) is 0 Å². The number of nitrogens with zero attached hydrogens (tertiary/aromatic N) is 1. The van der Waals surface area contributed by atoms with Gasteiger partial charge in [0.2, 0.25) is 5.56 Å². The Morgan fingerprint density at radius 2 is 2.00 bits per heavy atom. The lowest BCUT2D eigenvalue weighted by atomic mass is 10.2. The largest absolute Gasteiger partial charge is 0.337 e. The zero-order valence-corrected chi connectivity index (χ0v) is 9.32. The highest BCUT2D eigenvalue weighted by atomic mass is 16.1. The van der Waals surface area contributed by atoms with Crippen LogP contribution in [0.3, 0.4) is 0 Å². The van der Waals surface area contributed by atoms with E-state index in [1.54, 1.807) is 6.07 Å². The van der Waals surface area contributed by atoms with Crippen LogP contribution < -0.4 is 5.56 Å². The molecule has 1 aromatic carbocycles. The fourth-order valence-corrected chi connectivity index (χ4v) is 1.84. The molecule has 0 saturated heterocycles. The van der Waals surface area contributed by atoms with Crippen LogP contribution >= 0.6 is 0 Å². The molecular formula is C13H11N3O. The van der Waals surface area contributed by atoms with E-state index in [9.17, 15) is 4.79 Å². The molecule has 17 heavy (non-hydrogen) atoms. The van der Waals surface area contributed by atoms with Crippen molar-refractivity contribution in [2.45, 2.75) is 6.92 Å². The van der Waals surface area contributed by atoms with Crippen LogP contribution in [0.15, 0.2) is 41.2 Å². The zero-order valence-electron chi connectivity index (χ0n) is 9.32. The van der Waals surface area contributed by atoms with Gasteiger partial charge in [-0.2, -0.15) is 0 Å². The maximum absolute atomic E-state index is 11.2. The number of H-pyrrole nitrogens is 2. The summed E-state index contributed by atoms with van der Waals surface area (Å²) in [6.45, 7) is 2.03. The predicted octanol–water partition coefficient (Wildman–Crippen LogP) is 2.23. The van der Waals surface area contributed by atoms with Gasteiger partial charge in [-0.1, -0.05) is 12.1 Å². The molecule has 0 saturated carbocycles. The fraction of sp³-hybridized carbons (Fsp3) is 0.0769. The fourth-order valence-electron chi connectivity index (χ4n) is 1.84. The van der Waals surface area contributed by atoms with E-state index in [1.807, 2.05) is 31.2 Å². The molecule has 0 radical (unpaired) electrons. The second-order valence-electron chi connectivity index (χ2n) is 4.03. The van der Waals surface area contributed by atoms with E-state index in [-0.39, 0.29) is 5.56 Å². The maximum atomic E-state index is 11.2. The van der Waals surface area contributed by atoms with Crippen molar-refractivity contribution in [3.05, 3.63) is 52.3 Å². The monoisotopic (exact) mass is 225 g/mol. The van der Waals surface area contributed by atoms with Gasteiger partial charge >= 0.3 is 0 Å². The summed E-state index contributed by atoms with van der Waals surface area (Å²) in [6, 6.07) is 11.0. The third kappa shape index (κ3) is 1.73. The van der Waals surface area contributed by atoms with Gasteiger partial charge in [-0.15, -0.1) is 0 Å². The summed E-state index contributed by atoms with van der Waals surface area (Å²) in [5.74, 6) is 0.684. The predicted molar refractivity (Wildman–Crippen MR) is 66.9 cm³/mol. The van der Waals surface area contributed by atoms with Gasteiger partial charge in [-0.05, 0) is 30.7 Å². The number of imidazole rings is 1. The SMILES string of the molecule is Cc1ccc2nc(-c3cccc(=O)[nH]3)[nH]c2c1. The summed E-state index contributed by atoms with van der Waals surface area (Å²) in [5, 5.41) is 0. The quantitative estimate of drug-likeness (QED) is 0.667. The van der Waals surface area contributed by atoms with Crippen LogP contribution in [0.4, 0.5) is 0 Å². The number of aromatic nitrogens is 3. The molecule has 0 atom stereocenters. The third-order valence-corrected chi connectivity index (χ3v) is 2.66. The lowest BCUT2D eigenvalue weighted by molar-refractivity contribution is 1.19. The smallest absolute Gasteiger partial charge is 0.248 e. The Kier molecular flexibility index (Phi) is 2.08. The minimum Gasteiger partial charge on any atom is -0.337 e. The molecule has 84 valence electrons. The van der Waals surface area contributed by atoms with Crippen molar-refractivity contribution < 1.29 is 0 Å². The molecule has 2 N–H and O–H groups in total. The Morgan fingerprint density at radius 3 is 2.82 bits per heavy atom. The highest BCUT2D eigenvalue weighted by Crippen LogP contribution is 2.18. The Bertz CT molecular complexity index is 740. The molecule has 4 nitrogen and oxygen atoms in total. The van der Waals surface area contributed by atoms with Gasteiger partial charge in [0, 0.05) is 6.07 Å². The van der Waals surface area contributed by atoms with Gasteiger partial charge in [0.25, 0.3) is 0 Å². The lowest BCUT2D eigenvalue weighted by Crippen LogP contribution is -2.03. The third-order valence-electron chi connectivity index (χ3n) is 2.66. The van der Waals surface area contributed by atoms with E-state index >= 15 is 0 Å². The Labute approximate surface area is 97.3 Å². The second-order valence-corrected chi connectivity index (χ2v) is 4.03. The average molecular weight is 225 g/mol. The first-order valence-electron chi connectivity index (χ1n) is 5.38. The van der Waals surface area contributed by atoms with Gasteiger partial charge < -0.3 is 9.97 Å². The van der Waals surface area contributed by atoms with Crippen molar-refractivity contribution in [1.82, 2.24) is 15.0 Å². The molecule has 2 heterocycles. The number of aryl methyl sites for hydroxylation is 1. The van der Waals surface area contributed by atoms with Gasteiger partial charge in [-0.25, -0.2) is 4.98 Å². The maximum Gasteiger partial charge on any atom is 0.248 e. The van der Waals surface area contributed by atoms with E-state index in [0.29, 0.717) is 11.5 Å². The molecule has 0 aliphatic carbocycles. The van der Waals surface area contributed by atoms with Crippen molar-refractivity contribution in [2.75, 3.05) is 0 Å². The lowest BCUT2D eigenvalue weighted by Gasteiger charge is -1.94. The van der Waals surface area contributed by atoms with Crippen molar-refractivity contribution in [3.63, 3.8) is 0 Å². The van der Waals surface area contributed by atoms with Crippen molar-refractivity contribution >= 4 is 11.0 Å². The highest BCUT2D eigenvalue weighted by molar-refractivity contribution is 5.79. The summed E-state index contributed by atoms with van der Waals surface area (Å²) in [5.41, 5.74) is 3.62. The van der Waals surface area contributed by atoms with Crippen LogP contribution in [0.5, 0.6) is 0 Å². The number of benzene rings is 1. The molecular weight excluding hydrogens is 214 g/mol. The number of nitrogens with one attached hydrogen (secondary N) is 2. The molecule has 0 amide bonds. The van der Waals surface area contributed by atoms with E-state index in [0.717, 1.165) is 11.0 Å². The first-order valence-corrected chi connectivity index (χ1v) is 5.38. The molecule has 0 aliphatic heterocycles. The number of aromatic amines is 2. The minimum absolute atomic E-state index is 0.126. The normalized spacial score (nSPS) is 10.9. The molecule has 0 spiro atoms. The molecule has 0 bridgehead atoms. The van der Waals surface area contributed by atoms with Crippen LogP contribution in [0, 0.1) is 6.92 Å². The van der Waals surface area contributed by atoms with E-state index in [1.165, 1.54) is 11.6 Å². The van der Waals surface area contributed by atoms with Crippen LogP contribution in [-0.4, -0.2) is 15.0 Å². The summed E-state index contributed by atoms with van der Waals surface area (Å²) in [7, 11) is 0. The second kappa shape index (κ2) is 3.59. The van der Waals surface area contributed by atoms with E-state index < -0.39 is 0 Å². The number of pyridine rings is 1. The van der Waals surface area contributed by atoms with Crippen LogP contribution in [0.25, 0.3) is 22.6 Å². The minimum atomic E-state index is -0.126. The molecule has 2 aromatic heterocycles. The average Bonchev–Trinajstić information content (AvgIpc) is 2.72. The van der Waals surface area contributed by atoms with Gasteiger partial charge in [-0.3, -0.25) is 4.79 Å². The number of rotatable bonds is 1. The highest BCUT2D eigenvalue weighted by Gasteiger charge is 2.05. The van der Waals surface area contributed by atoms with Gasteiger partial charge in [0.1, 0.15) is 0 Å². The zero-order chi connectivity index (χ0) is 11.8. The molecule has 4 heteroatoms. The number of hydrogen-bond acceptors (Lipinski definition) is 2. The van der Waals surface area contributed by atoms with Crippen LogP contribution in [-0.2, 0) is 0 Å². The summed E-state index contributed by atoms with van der Waals surface area (Å²) in [6.07, 6.45) is 0. The van der Waals surface area contributed by atoms with E-state index in [2.05, 4.69) is 15.0 Å². The van der Waals surface area contributed by atoms with Gasteiger partial charge in [0.15, 0.2) is 5.82 Å². The Morgan fingerprint density at radius 1 is 1.12 bits per heavy atom. The van der Waals surface area contributed by atoms with Crippen molar-refractivity contribution in [1.29, 1.82) is 0 Å². The molecule has 3 aromatic rings. The summed E-state index contributed by atoms with van der Waals surface area (Å²) >= 11 is 0.